The monoisotopic (exact) mass is 1760 g/mol. The van der Waals surface area contributed by atoms with Crippen molar-refractivity contribution in [2.45, 2.75) is 118 Å². The third-order valence-electron chi connectivity index (χ3n) is 20.1. The molecule has 30 nitrogen and oxygen atoms in total. The SMILES string of the molecule is CC(Oc1ccc(F)c(F)c1)c1cc(C(=O)N(C)CCN(C)C(=O)OC(C)(C)C)cc2ncc(N3CCOCC3)nc12.CC(Oc1ccc(F)c(F)c1)c1cc(C(=O)N(C)CCN(C)C(=O)OC(C)(C)C)cc2ncc(N3CCOCC3)nc12.CC(Oc1ccc(F)c(F)c1)c1cc(C(=O)N(C)CCN(C)C(=O)OC(C)(C)C)cc2ncc(N3CCOCC3)nc12. The van der Waals surface area contributed by atoms with Crippen LogP contribution in [0.5, 0.6) is 17.2 Å². The fraction of sp³-hybridized carbons (Fsp3) is 0.467. The van der Waals surface area contributed by atoms with E-state index in [1.54, 1.807) is 180 Å². The molecule has 3 saturated heterocycles. The van der Waals surface area contributed by atoms with Crippen molar-refractivity contribution in [1.82, 2.24) is 59.3 Å². The molecule has 36 heteroatoms. The van der Waals surface area contributed by atoms with Crippen LogP contribution in [-0.2, 0) is 28.4 Å². The first kappa shape index (κ1) is 96.0. The summed E-state index contributed by atoms with van der Waals surface area (Å²) in [4.78, 5) is 121. The molecule has 0 saturated carbocycles. The molecule has 0 N–H and O–H groups in total. The van der Waals surface area contributed by atoms with Gasteiger partial charge in [-0.1, -0.05) is 0 Å². The molecule has 678 valence electrons. The van der Waals surface area contributed by atoms with Crippen molar-refractivity contribution in [3.05, 3.63) is 178 Å². The van der Waals surface area contributed by atoms with Crippen LogP contribution in [0, 0.1) is 34.9 Å². The second-order valence-corrected chi connectivity index (χ2v) is 33.7. The molecule has 3 unspecified atom stereocenters. The summed E-state index contributed by atoms with van der Waals surface area (Å²) in [7, 11) is 9.76. The summed E-state index contributed by atoms with van der Waals surface area (Å²) < 4.78 is 133. The van der Waals surface area contributed by atoms with E-state index in [9.17, 15) is 55.1 Å². The van der Waals surface area contributed by atoms with Gasteiger partial charge in [0.2, 0.25) is 0 Å². The minimum absolute atomic E-state index is 0.130. The van der Waals surface area contributed by atoms with Crippen LogP contribution >= 0.6 is 0 Å². The van der Waals surface area contributed by atoms with Crippen LogP contribution in [0.3, 0.4) is 0 Å². The number of fused-ring (bicyclic) bond motifs is 3. The largest absolute Gasteiger partial charge is 0.486 e. The van der Waals surface area contributed by atoms with Crippen molar-refractivity contribution in [3.8, 4) is 17.2 Å². The highest BCUT2D eigenvalue weighted by Gasteiger charge is 2.31. The molecule has 3 fully saturated rings. The molecule has 0 aliphatic carbocycles. The van der Waals surface area contributed by atoms with Gasteiger partial charge in [0.25, 0.3) is 17.7 Å². The zero-order chi connectivity index (χ0) is 91.8. The summed E-state index contributed by atoms with van der Waals surface area (Å²) in [5.74, 6) is -4.53. The standard InChI is InChI=1S/3C30H37F2N5O5/c3*1-19(41-21-7-8-23(31)24(32)17-21)22-15-20(28(38)35(5)9-10-36(6)29(39)42-30(2,3)4)16-25-27(22)34-26(18-33-25)37-11-13-40-14-12-37/h3*7-8,15-19H,9-14H2,1-6H3. The molecule has 6 aromatic carbocycles. The quantitative estimate of drug-likeness (QED) is 0.0401. The molecule has 6 amide bonds. The summed E-state index contributed by atoms with van der Waals surface area (Å²) in [6.45, 7) is 30.3. The lowest BCUT2D eigenvalue weighted by molar-refractivity contribution is 0.0275. The second kappa shape index (κ2) is 42.2. The molecule has 126 heavy (non-hydrogen) atoms. The highest BCUT2D eigenvalue weighted by atomic mass is 19.2. The number of rotatable bonds is 24. The summed E-state index contributed by atoms with van der Waals surface area (Å²) >= 11 is 0. The minimum atomic E-state index is -1.03. The Hall–Kier alpha value is -12.2. The van der Waals surface area contributed by atoms with E-state index >= 15 is 0 Å². The maximum atomic E-state index is 13.9. The molecule has 9 aromatic rings. The number of halogens is 6. The molecule has 0 radical (unpaired) electrons. The topological polar surface area (TPSA) is 292 Å². The van der Waals surface area contributed by atoms with Crippen molar-refractivity contribution in [3.63, 3.8) is 0 Å². The van der Waals surface area contributed by atoms with Crippen molar-refractivity contribution in [2.24, 2.45) is 0 Å². The number of nitrogens with zero attached hydrogens (tertiary/aromatic N) is 15. The Balaban J connectivity index is 0.000000197. The molecule has 3 aromatic heterocycles. The fourth-order valence-corrected chi connectivity index (χ4v) is 13.1. The van der Waals surface area contributed by atoms with Crippen LogP contribution in [0.4, 0.5) is 58.2 Å². The number of amides is 6. The second-order valence-electron chi connectivity index (χ2n) is 33.7. The molecule has 0 bridgehead atoms. The zero-order valence-corrected chi connectivity index (χ0v) is 74.5. The Labute approximate surface area is 728 Å². The minimum Gasteiger partial charge on any atom is -0.486 e. The molecule has 6 heterocycles. The molecular weight excluding hydrogens is 1650 g/mol. The maximum Gasteiger partial charge on any atom is 0.410 e. The van der Waals surface area contributed by atoms with Gasteiger partial charge in [0.1, 0.15) is 69.8 Å². The lowest BCUT2D eigenvalue weighted by atomic mass is 10.0. The predicted octanol–water partition coefficient (Wildman–Crippen LogP) is 14.5. The summed E-state index contributed by atoms with van der Waals surface area (Å²) in [5.41, 5.74) is 3.83. The summed E-state index contributed by atoms with van der Waals surface area (Å²) in [5, 5.41) is 0. The number of ether oxygens (including phenoxy) is 9. The molecule has 3 atom stereocenters. The third-order valence-corrected chi connectivity index (χ3v) is 20.1. The lowest BCUT2D eigenvalue weighted by Gasteiger charge is -2.28. The average molecular weight is 1760 g/mol. The zero-order valence-electron chi connectivity index (χ0n) is 74.5. The molecule has 12 rings (SSSR count). The number of aromatic nitrogens is 6. The van der Waals surface area contributed by atoms with E-state index < -0.39 is 88.3 Å². The first-order valence-electron chi connectivity index (χ1n) is 41.3. The van der Waals surface area contributed by atoms with Gasteiger partial charge in [-0.3, -0.25) is 29.3 Å². The molecule has 3 aliphatic heterocycles. The number of carbonyl (C=O) groups is 6. The van der Waals surface area contributed by atoms with E-state index in [-0.39, 0.29) is 74.2 Å². The van der Waals surface area contributed by atoms with Crippen molar-refractivity contribution in [2.75, 3.05) is 175 Å². The summed E-state index contributed by atoms with van der Waals surface area (Å²) in [6.07, 6.45) is 1.46. The van der Waals surface area contributed by atoms with E-state index in [2.05, 4.69) is 29.7 Å². The number of carbonyl (C=O) groups excluding carboxylic acids is 6. The number of hydrogen-bond acceptors (Lipinski definition) is 24. The maximum absolute atomic E-state index is 13.9. The van der Waals surface area contributed by atoms with Crippen molar-refractivity contribution >= 4 is 86.6 Å². The Morgan fingerprint density at radius 1 is 0.349 bits per heavy atom. The van der Waals surface area contributed by atoms with Crippen LogP contribution in [0.25, 0.3) is 33.1 Å². The highest BCUT2D eigenvalue weighted by molar-refractivity contribution is 6.00. The van der Waals surface area contributed by atoms with E-state index in [1.165, 1.54) is 47.6 Å². The van der Waals surface area contributed by atoms with E-state index in [0.717, 1.165) is 36.4 Å². The Morgan fingerprint density at radius 3 is 0.802 bits per heavy atom. The van der Waals surface area contributed by atoms with E-state index in [4.69, 9.17) is 57.6 Å². The number of morpholine rings is 3. The average Bonchev–Trinajstić information content (AvgIpc) is 0.782. The molecule has 0 spiro atoms. The van der Waals surface area contributed by atoms with Crippen LogP contribution in [0.1, 0.15) is 149 Å². The van der Waals surface area contributed by atoms with E-state index in [0.29, 0.717) is 163 Å². The van der Waals surface area contributed by atoms with Crippen LogP contribution < -0.4 is 28.9 Å². The number of benzene rings is 6. The lowest BCUT2D eigenvalue weighted by Crippen LogP contribution is -2.40. The van der Waals surface area contributed by atoms with Gasteiger partial charge in [0.05, 0.1) is 91.3 Å². The Morgan fingerprint density at radius 2 is 0.579 bits per heavy atom. The van der Waals surface area contributed by atoms with Gasteiger partial charge in [-0.15, -0.1) is 0 Å². The van der Waals surface area contributed by atoms with Gasteiger partial charge >= 0.3 is 18.3 Å². The first-order valence-corrected chi connectivity index (χ1v) is 41.3. The summed E-state index contributed by atoms with van der Waals surface area (Å²) in [6, 6.07) is 20.0. The van der Waals surface area contributed by atoms with Crippen molar-refractivity contribution < 1.29 is 97.7 Å². The Kier molecular flexibility index (Phi) is 32.2. The third kappa shape index (κ3) is 26.5. The Bertz CT molecular complexity index is 4840. The van der Waals surface area contributed by atoms with Crippen LogP contribution in [-0.4, -0.2) is 273 Å². The first-order chi connectivity index (χ1) is 59.5. The molecule has 3 aliphatic rings. The fourth-order valence-electron chi connectivity index (χ4n) is 13.1. The number of anilines is 3. The van der Waals surface area contributed by atoms with Gasteiger partial charge in [-0.05, 0) is 156 Å². The van der Waals surface area contributed by atoms with Crippen molar-refractivity contribution in [1.29, 1.82) is 0 Å². The van der Waals surface area contributed by atoms with Crippen LogP contribution in [0.2, 0.25) is 0 Å². The van der Waals surface area contributed by atoms with Gasteiger partial charge in [-0.25, -0.2) is 55.7 Å². The van der Waals surface area contributed by atoms with Gasteiger partial charge < -0.3 is 86.7 Å². The smallest absolute Gasteiger partial charge is 0.410 e. The van der Waals surface area contributed by atoms with Gasteiger partial charge in [0.15, 0.2) is 34.9 Å². The normalized spacial score (nSPS) is 14.4. The van der Waals surface area contributed by atoms with Gasteiger partial charge in [-0.2, -0.15) is 0 Å². The number of likely N-dealkylation sites (N-methyl/N-ethyl adjacent to an activating group) is 6. The number of hydrogen-bond donors (Lipinski definition) is 0. The van der Waals surface area contributed by atoms with Crippen LogP contribution in [0.15, 0.2) is 110 Å². The predicted molar refractivity (Wildman–Crippen MR) is 461 cm³/mol. The van der Waals surface area contributed by atoms with Gasteiger partial charge in [0, 0.05) is 172 Å². The van der Waals surface area contributed by atoms with E-state index in [1.807, 2.05) is 0 Å². The highest BCUT2D eigenvalue weighted by Crippen LogP contribution is 2.36. The molecular formula is C90H111F6N15O15.